The second-order valence-corrected chi connectivity index (χ2v) is 9.58. The normalized spacial score (nSPS) is 15.5. The minimum Gasteiger partial charge on any atom is -0.318 e. The van der Waals surface area contributed by atoms with Crippen molar-refractivity contribution in [3.05, 3.63) is 85.8 Å². The molecule has 1 aliphatic rings. The van der Waals surface area contributed by atoms with E-state index in [2.05, 4.69) is 38.5 Å². The zero-order valence-electron chi connectivity index (χ0n) is 18.2. The summed E-state index contributed by atoms with van der Waals surface area (Å²) in [4.78, 5) is 27.5. The van der Waals surface area contributed by atoms with E-state index in [0.29, 0.717) is 5.69 Å². The van der Waals surface area contributed by atoms with Crippen LogP contribution in [0.3, 0.4) is 0 Å². The fourth-order valence-electron chi connectivity index (χ4n) is 4.07. The number of hydrogen-bond acceptors (Lipinski definition) is 3. The fourth-order valence-corrected chi connectivity index (χ4v) is 4.88. The van der Waals surface area contributed by atoms with E-state index in [0.717, 1.165) is 37.3 Å². The van der Waals surface area contributed by atoms with Gasteiger partial charge in [-0.2, -0.15) is 0 Å². The van der Waals surface area contributed by atoms with Crippen LogP contribution in [0.15, 0.2) is 54.1 Å². The number of nitrogens with zero attached hydrogens (tertiary/aromatic N) is 2. The molecule has 2 amide bonds. The number of anilines is 1. The van der Waals surface area contributed by atoms with Gasteiger partial charge in [-0.1, -0.05) is 12.1 Å². The van der Waals surface area contributed by atoms with Gasteiger partial charge in [-0.25, -0.2) is 0 Å². The van der Waals surface area contributed by atoms with Crippen molar-refractivity contribution in [2.24, 2.45) is 0 Å². The van der Waals surface area contributed by atoms with Crippen molar-refractivity contribution in [1.29, 1.82) is 0 Å². The molecule has 7 heteroatoms. The molecule has 2 aromatic carbocycles. The van der Waals surface area contributed by atoms with Crippen molar-refractivity contribution in [3.63, 3.8) is 0 Å². The maximum atomic E-state index is 13.4. The topological polar surface area (TPSA) is 54.3 Å². The maximum Gasteiger partial charge on any atom is 0.270 e. The van der Waals surface area contributed by atoms with Crippen LogP contribution in [-0.4, -0.2) is 21.5 Å². The van der Waals surface area contributed by atoms with Crippen LogP contribution in [0, 0.1) is 31.3 Å². The van der Waals surface area contributed by atoms with Gasteiger partial charge >= 0.3 is 0 Å². The Balaban J connectivity index is 1.78. The number of aryl methyl sites for hydroxylation is 3. The smallest absolute Gasteiger partial charge is 0.270 e. The first-order chi connectivity index (χ1) is 15.2. The SMILES string of the molecule is Cc1cc(C)cc(N2C(=O)/C(=C/c3cc(C)n(-c4cccc(I)c4)c3C)C(=O)NC2=S)c1. The number of aromatic nitrogens is 1. The molecule has 3 aromatic rings. The Morgan fingerprint density at radius 1 is 0.938 bits per heavy atom. The maximum absolute atomic E-state index is 13.4. The van der Waals surface area contributed by atoms with E-state index in [-0.39, 0.29) is 10.7 Å². The number of halogens is 1. The van der Waals surface area contributed by atoms with Crippen LogP contribution in [0.2, 0.25) is 0 Å². The molecule has 4 rings (SSSR count). The number of nitrogens with one attached hydrogen (secondary N) is 1. The van der Waals surface area contributed by atoms with Gasteiger partial charge in [0.2, 0.25) is 0 Å². The largest absolute Gasteiger partial charge is 0.318 e. The number of rotatable bonds is 3. The number of carbonyl (C=O) groups excluding carboxylic acids is 2. The van der Waals surface area contributed by atoms with Crippen molar-refractivity contribution in [1.82, 2.24) is 9.88 Å². The van der Waals surface area contributed by atoms with Gasteiger partial charge in [0, 0.05) is 20.6 Å². The highest BCUT2D eigenvalue weighted by Crippen LogP contribution is 2.27. The molecule has 0 radical (unpaired) electrons. The van der Waals surface area contributed by atoms with Crippen molar-refractivity contribution >= 4 is 63.5 Å². The second kappa shape index (κ2) is 8.63. The Morgan fingerprint density at radius 3 is 2.28 bits per heavy atom. The highest BCUT2D eigenvalue weighted by atomic mass is 127. The van der Waals surface area contributed by atoms with Gasteiger partial charge in [0.05, 0.1) is 5.69 Å². The Bertz CT molecular complexity index is 1300. The molecule has 5 nitrogen and oxygen atoms in total. The van der Waals surface area contributed by atoms with Crippen LogP contribution in [0.5, 0.6) is 0 Å². The molecular formula is C25H22IN3O2S. The molecule has 32 heavy (non-hydrogen) atoms. The molecular weight excluding hydrogens is 533 g/mol. The first-order valence-electron chi connectivity index (χ1n) is 10.1. The van der Waals surface area contributed by atoms with Crippen LogP contribution in [0.25, 0.3) is 11.8 Å². The Kier molecular flexibility index (Phi) is 6.05. The Hall–Kier alpha value is -2.78. The zero-order valence-corrected chi connectivity index (χ0v) is 21.2. The zero-order chi connectivity index (χ0) is 23.2. The molecule has 1 aromatic heterocycles. The quantitative estimate of drug-likeness (QED) is 0.211. The van der Waals surface area contributed by atoms with Crippen LogP contribution in [0.1, 0.15) is 28.1 Å². The Labute approximate surface area is 206 Å². The summed E-state index contributed by atoms with van der Waals surface area (Å²) >= 11 is 7.62. The summed E-state index contributed by atoms with van der Waals surface area (Å²) in [5.41, 5.74) is 6.54. The lowest BCUT2D eigenvalue weighted by Gasteiger charge is -2.29. The van der Waals surface area contributed by atoms with Gasteiger partial charge in [-0.15, -0.1) is 0 Å². The number of hydrogen-bond donors (Lipinski definition) is 1. The molecule has 1 aliphatic heterocycles. The summed E-state index contributed by atoms with van der Waals surface area (Å²) in [5.74, 6) is -0.914. The number of carbonyl (C=O) groups is 2. The molecule has 0 aliphatic carbocycles. The van der Waals surface area contributed by atoms with Crippen LogP contribution >= 0.6 is 34.8 Å². The molecule has 1 fully saturated rings. The van der Waals surface area contributed by atoms with E-state index in [9.17, 15) is 9.59 Å². The summed E-state index contributed by atoms with van der Waals surface area (Å²) in [6.45, 7) is 7.91. The van der Waals surface area contributed by atoms with E-state index < -0.39 is 11.8 Å². The van der Waals surface area contributed by atoms with E-state index in [1.807, 2.05) is 70.2 Å². The summed E-state index contributed by atoms with van der Waals surface area (Å²) in [5, 5.41) is 2.76. The van der Waals surface area contributed by atoms with Crippen LogP contribution in [-0.2, 0) is 9.59 Å². The highest BCUT2D eigenvalue weighted by molar-refractivity contribution is 14.1. The predicted molar refractivity (Wildman–Crippen MR) is 140 cm³/mol. The lowest BCUT2D eigenvalue weighted by atomic mass is 10.1. The van der Waals surface area contributed by atoms with E-state index in [1.54, 1.807) is 6.08 Å². The van der Waals surface area contributed by atoms with Crippen LogP contribution in [0.4, 0.5) is 5.69 Å². The number of benzene rings is 2. The van der Waals surface area contributed by atoms with Gasteiger partial charge in [0.25, 0.3) is 11.8 Å². The molecule has 0 saturated carbocycles. The number of amides is 2. The lowest BCUT2D eigenvalue weighted by molar-refractivity contribution is -0.122. The molecule has 0 spiro atoms. The summed E-state index contributed by atoms with van der Waals surface area (Å²) in [6, 6.07) is 16.0. The summed E-state index contributed by atoms with van der Waals surface area (Å²) in [6.07, 6.45) is 1.65. The van der Waals surface area contributed by atoms with Crippen molar-refractivity contribution in [2.45, 2.75) is 27.7 Å². The second-order valence-electron chi connectivity index (χ2n) is 7.95. The third-order valence-electron chi connectivity index (χ3n) is 5.40. The van der Waals surface area contributed by atoms with Gasteiger partial charge in [-0.3, -0.25) is 19.8 Å². The van der Waals surface area contributed by atoms with Gasteiger partial charge in [0.1, 0.15) is 5.57 Å². The first-order valence-corrected chi connectivity index (χ1v) is 11.6. The van der Waals surface area contributed by atoms with Gasteiger partial charge < -0.3 is 4.57 Å². The molecule has 1 saturated heterocycles. The molecule has 1 N–H and O–H groups in total. The molecule has 2 heterocycles. The summed E-state index contributed by atoms with van der Waals surface area (Å²) in [7, 11) is 0. The van der Waals surface area contributed by atoms with Gasteiger partial charge in [0.15, 0.2) is 5.11 Å². The monoisotopic (exact) mass is 555 g/mol. The van der Waals surface area contributed by atoms with E-state index in [4.69, 9.17) is 12.2 Å². The number of thiocarbonyl (C=S) groups is 1. The van der Waals surface area contributed by atoms with Crippen molar-refractivity contribution in [3.8, 4) is 5.69 Å². The molecule has 0 bridgehead atoms. The lowest BCUT2D eigenvalue weighted by Crippen LogP contribution is -2.54. The highest BCUT2D eigenvalue weighted by Gasteiger charge is 2.35. The average Bonchev–Trinajstić information content (AvgIpc) is 2.97. The fraction of sp³-hybridized carbons (Fsp3) is 0.160. The third-order valence-corrected chi connectivity index (χ3v) is 6.36. The van der Waals surface area contributed by atoms with E-state index in [1.165, 1.54) is 4.90 Å². The molecule has 162 valence electrons. The Morgan fingerprint density at radius 2 is 1.62 bits per heavy atom. The standard InChI is InChI=1S/C25H22IN3O2S/c1-14-8-15(2)10-21(9-14)29-24(31)22(23(30)27-25(29)32)12-18-11-16(3)28(17(18)4)20-7-5-6-19(26)13-20/h5-13H,1-4H3,(H,27,30,32)/b22-12+. The van der Waals surface area contributed by atoms with Gasteiger partial charge in [-0.05, 0) is 122 Å². The average molecular weight is 555 g/mol. The van der Waals surface area contributed by atoms with Crippen molar-refractivity contribution in [2.75, 3.05) is 4.90 Å². The third kappa shape index (κ3) is 4.14. The minimum absolute atomic E-state index is 0.0562. The van der Waals surface area contributed by atoms with Crippen molar-refractivity contribution < 1.29 is 9.59 Å². The summed E-state index contributed by atoms with van der Waals surface area (Å²) < 4.78 is 3.25. The minimum atomic E-state index is -0.486. The molecule has 0 atom stereocenters. The van der Waals surface area contributed by atoms with E-state index >= 15 is 0 Å². The first kappa shape index (κ1) is 22.4. The van der Waals surface area contributed by atoms with Crippen LogP contribution < -0.4 is 10.2 Å². The molecule has 0 unspecified atom stereocenters. The predicted octanol–water partition coefficient (Wildman–Crippen LogP) is 5.15.